The minimum atomic E-state index is 0.207. The molecule has 1 saturated heterocycles. The molecule has 0 aliphatic carbocycles. The zero-order valence-corrected chi connectivity index (χ0v) is 11.3. The number of benzene rings is 1. The zero-order valence-electron chi connectivity index (χ0n) is 10.5. The summed E-state index contributed by atoms with van der Waals surface area (Å²) in [5.74, 6) is 0.816. The van der Waals surface area contributed by atoms with Crippen LogP contribution in [0.4, 0.5) is 0 Å². The van der Waals surface area contributed by atoms with Crippen molar-refractivity contribution in [1.82, 2.24) is 15.2 Å². The van der Waals surface area contributed by atoms with E-state index >= 15 is 0 Å². The molecule has 3 rings (SSSR count). The first kappa shape index (κ1) is 12.4. The molecule has 0 radical (unpaired) electrons. The Bertz CT molecular complexity index is 567. The van der Waals surface area contributed by atoms with Crippen LogP contribution in [0.15, 0.2) is 28.9 Å². The molecule has 2 aromatic rings. The molecule has 5 nitrogen and oxygen atoms in total. The topological polar surface area (TPSA) is 51.4 Å². The van der Waals surface area contributed by atoms with Gasteiger partial charge in [-0.15, -0.1) is 0 Å². The standard InChI is InChI=1S/C13H14ClN3O2/c1-9-13(16-19-15-9)8-17-6-12(7-17)18-11-4-2-3-10(14)5-11/h2-5,12H,6-8H2,1H3. The summed E-state index contributed by atoms with van der Waals surface area (Å²) in [5, 5.41) is 8.33. The Morgan fingerprint density at radius 2 is 2.26 bits per heavy atom. The van der Waals surface area contributed by atoms with Crippen LogP contribution in [0.5, 0.6) is 5.75 Å². The molecule has 0 unspecified atom stereocenters. The highest BCUT2D eigenvalue weighted by Gasteiger charge is 2.29. The van der Waals surface area contributed by atoms with Crippen molar-refractivity contribution in [2.24, 2.45) is 0 Å². The van der Waals surface area contributed by atoms with Crippen molar-refractivity contribution in [3.8, 4) is 5.75 Å². The van der Waals surface area contributed by atoms with Crippen LogP contribution >= 0.6 is 11.6 Å². The van der Waals surface area contributed by atoms with E-state index in [0.717, 1.165) is 36.8 Å². The number of rotatable bonds is 4. The lowest BCUT2D eigenvalue weighted by molar-refractivity contribution is 0.0132. The van der Waals surface area contributed by atoms with Crippen LogP contribution in [0.3, 0.4) is 0 Å². The molecule has 0 amide bonds. The summed E-state index contributed by atoms with van der Waals surface area (Å²) < 4.78 is 10.5. The number of hydrogen-bond donors (Lipinski definition) is 0. The number of aryl methyl sites for hydroxylation is 1. The largest absolute Gasteiger partial charge is 0.488 e. The quantitative estimate of drug-likeness (QED) is 0.859. The van der Waals surface area contributed by atoms with E-state index in [0.29, 0.717) is 5.02 Å². The molecule has 1 fully saturated rings. The van der Waals surface area contributed by atoms with Crippen LogP contribution < -0.4 is 4.74 Å². The van der Waals surface area contributed by atoms with Crippen LogP contribution in [0.25, 0.3) is 0 Å². The molecular weight excluding hydrogens is 266 g/mol. The van der Waals surface area contributed by atoms with E-state index in [-0.39, 0.29) is 6.10 Å². The molecule has 6 heteroatoms. The monoisotopic (exact) mass is 279 g/mol. The summed E-state index contributed by atoms with van der Waals surface area (Å²) >= 11 is 5.91. The van der Waals surface area contributed by atoms with Crippen LogP contribution in [0, 0.1) is 6.92 Å². The van der Waals surface area contributed by atoms with Crippen molar-refractivity contribution in [1.29, 1.82) is 0 Å². The van der Waals surface area contributed by atoms with Crippen LogP contribution in [0.1, 0.15) is 11.4 Å². The van der Waals surface area contributed by atoms with Crippen LogP contribution in [0.2, 0.25) is 5.02 Å². The summed E-state index contributed by atoms with van der Waals surface area (Å²) in [7, 11) is 0. The van der Waals surface area contributed by atoms with Crippen molar-refractivity contribution in [2.75, 3.05) is 13.1 Å². The molecule has 0 spiro atoms. The summed E-state index contributed by atoms with van der Waals surface area (Å²) in [5.41, 5.74) is 1.74. The van der Waals surface area contributed by atoms with Gasteiger partial charge in [0.05, 0.1) is 0 Å². The Morgan fingerprint density at radius 1 is 1.42 bits per heavy atom. The second kappa shape index (κ2) is 5.19. The van der Waals surface area contributed by atoms with E-state index in [1.54, 1.807) is 0 Å². The first-order valence-electron chi connectivity index (χ1n) is 6.13. The molecule has 1 aliphatic rings. The van der Waals surface area contributed by atoms with Gasteiger partial charge in [-0.25, -0.2) is 4.63 Å². The summed E-state index contributed by atoms with van der Waals surface area (Å²) in [6.07, 6.45) is 0.207. The van der Waals surface area contributed by atoms with Crippen molar-refractivity contribution in [3.05, 3.63) is 40.7 Å². The van der Waals surface area contributed by atoms with Crippen molar-refractivity contribution < 1.29 is 9.37 Å². The number of ether oxygens (including phenoxy) is 1. The molecule has 0 N–H and O–H groups in total. The fourth-order valence-electron chi connectivity index (χ4n) is 2.06. The number of halogens is 1. The van der Waals surface area contributed by atoms with Gasteiger partial charge >= 0.3 is 0 Å². The van der Waals surface area contributed by atoms with E-state index in [4.69, 9.17) is 16.3 Å². The predicted molar refractivity (Wildman–Crippen MR) is 70.2 cm³/mol. The predicted octanol–water partition coefficient (Wildman–Crippen LogP) is 2.29. The molecular formula is C13H14ClN3O2. The average Bonchev–Trinajstić information content (AvgIpc) is 2.72. The van der Waals surface area contributed by atoms with E-state index < -0.39 is 0 Å². The third kappa shape index (κ3) is 2.88. The highest BCUT2D eigenvalue weighted by Crippen LogP contribution is 2.22. The Labute approximate surface area is 116 Å². The Kier molecular flexibility index (Phi) is 3.40. The van der Waals surface area contributed by atoms with Gasteiger partial charge in [-0.1, -0.05) is 28.0 Å². The van der Waals surface area contributed by atoms with Crippen LogP contribution in [-0.4, -0.2) is 34.4 Å². The molecule has 0 saturated carbocycles. The number of hydrogen-bond acceptors (Lipinski definition) is 5. The summed E-state index contributed by atoms with van der Waals surface area (Å²) in [4.78, 5) is 2.24. The van der Waals surface area contributed by atoms with Gasteiger partial charge in [0.2, 0.25) is 0 Å². The number of aromatic nitrogens is 2. The van der Waals surface area contributed by atoms with Gasteiger partial charge < -0.3 is 4.74 Å². The Balaban J connectivity index is 1.49. The minimum Gasteiger partial charge on any atom is -0.488 e. The number of likely N-dealkylation sites (tertiary alicyclic amines) is 1. The SMILES string of the molecule is Cc1nonc1CN1CC(Oc2cccc(Cl)c2)C1. The molecule has 19 heavy (non-hydrogen) atoms. The first-order valence-corrected chi connectivity index (χ1v) is 6.51. The molecule has 1 aliphatic heterocycles. The molecule has 0 atom stereocenters. The van der Waals surface area contributed by atoms with Gasteiger partial charge in [0.1, 0.15) is 23.2 Å². The maximum absolute atomic E-state index is 5.91. The normalized spacial score (nSPS) is 16.3. The second-order valence-corrected chi connectivity index (χ2v) is 5.12. The van der Waals surface area contributed by atoms with Crippen molar-refractivity contribution >= 4 is 11.6 Å². The lowest BCUT2D eigenvalue weighted by atomic mass is 10.1. The first-order chi connectivity index (χ1) is 9.20. The lowest BCUT2D eigenvalue weighted by Crippen LogP contribution is -2.53. The smallest absolute Gasteiger partial charge is 0.124 e. The summed E-state index contributed by atoms with van der Waals surface area (Å²) in [6.45, 7) is 4.40. The van der Waals surface area contributed by atoms with Gasteiger partial charge in [-0.2, -0.15) is 0 Å². The third-order valence-electron chi connectivity index (χ3n) is 3.14. The van der Waals surface area contributed by atoms with E-state index in [1.165, 1.54) is 0 Å². The molecule has 0 bridgehead atoms. The Morgan fingerprint density at radius 3 is 2.95 bits per heavy atom. The van der Waals surface area contributed by atoms with Gasteiger partial charge in [0.15, 0.2) is 0 Å². The van der Waals surface area contributed by atoms with E-state index in [9.17, 15) is 0 Å². The molecule has 2 heterocycles. The fraction of sp³-hybridized carbons (Fsp3) is 0.385. The molecule has 1 aromatic heterocycles. The highest BCUT2D eigenvalue weighted by molar-refractivity contribution is 6.30. The average molecular weight is 280 g/mol. The maximum atomic E-state index is 5.91. The van der Waals surface area contributed by atoms with Gasteiger partial charge in [-0.05, 0) is 25.1 Å². The molecule has 100 valence electrons. The summed E-state index contributed by atoms with van der Waals surface area (Å²) in [6, 6.07) is 7.47. The maximum Gasteiger partial charge on any atom is 0.124 e. The van der Waals surface area contributed by atoms with E-state index in [1.807, 2.05) is 31.2 Å². The minimum absolute atomic E-state index is 0.207. The van der Waals surface area contributed by atoms with E-state index in [2.05, 4.69) is 19.8 Å². The zero-order chi connectivity index (χ0) is 13.2. The lowest BCUT2D eigenvalue weighted by Gasteiger charge is -2.38. The fourth-order valence-corrected chi connectivity index (χ4v) is 2.24. The van der Waals surface area contributed by atoms with Gasteiger partial charge in [0.25, 0.3) is 0 Å². The second-order valence-electron chi connectivity index (χ2n) is 4.69. The van der Waals surface area contributed by atoms with Crippen LogP contribution in [-0.2, 0) is 6.54 Å². The van der Waals surface area contributed by atoms with Crippen molar-refractivity contribution in [2.45, 2.75) is 19.6 Å². The van der Waals surface area contributed by atoms with Crippen molar-refractivity contribution in [3.63, 3.8) is 0 Å². The van der Waals surface area contributed by atoms with Gasteiger partial charge in [0, 0.05) is 24.7 Å². The third-order valence-corrected chi connectivity index (χ3v) is 3.38. The number of nitrogens with zero attached hydrogens (tertiary/aromatic N) is 3. The van der Waals surface area contributed by atoms with Gasteiger partial charge in [-0.3, -0.25) is 4.90 Å². The Hall–Kier alpha value is -1.59. The highest BCUT2D eigenvalue weighted by atomic mass is 35.5. The molecule has 1 aromatic carbocycles.